The van der Waals surface area contributed by atoms with Crippen LogP contribution in [0.4, 0.5) is 5.69 Å². The second-order valence-corrected chi connectivity index (χ2v) is 4.77. The molecular formula is C14H18N2O2. The Labute approximate surface area is 107 Å². The molecule has 3 N–H and O–H groups in total. The van der Waals surface area contributed by atoms with Crippen LogP contribution in [-0.2, 0) is 11.2 Å². The van der Waals surface area contributed by atoms with Gasteiger partial charge in [0.05, 0.1) is 0 Å². The predicted octanol–water partition coefficient (Wildman–Crippen LogP) is 1.74. The van der Waals surface area contributed by atoms with E-state index in [1.54, 1.807) is 13.0 Å². The number of Topliss-reactive ketones (excluding diaryl/α,β-unsaturated/α-hetero) is 1. The summed E-state index contributed by atoms with van der Waals surface area (Å²) in [6, 6.07) is 5.55. The Kier molecular flexibility index (Phi) is 3.77. The Balaban J connectivity index is 2.18. The third kappa shape index (κ3) is 2.59. The van der Waals surface area contributed by atoms with Gasteiger partial charge in [0, 0.05) is 30.1 Å². The number of aryl methyl sites for hydroxylation is 1. The Morgan fingerprint density at radius 3 is 2.94 bits per heavy atom. The lowest BCUT2D eigenvalue weighted by atomic mass is 9.90. The number of carbonyl (C=O) groups is 2. The molecule has 18 heavy (non-hydrogen) atoms. The van der Waals surface area contributed by atoms with Gasteiger partial charge in [-0.3, -0.25) is 9.59 Å². The van der Waals surface area contributed by atoms with Crippen LogP contribution < -0.4 is 11.1 Å². The topological polar surface area (TPSA) is 72.2 Å². The number of rotatable bonds is 3. The van der Waals surface area contributed by atoms with E-state index in [9.17, 15) is 9.59 Å². The molecule has 4 nitrogen and oxygen atoms in total. The van der Waals surface area contributed by atoms with Crippen LogP contribution >= 0.6 is 0 Å². The van der Waals surface area contributed by atoms with Crippen molar-refractivity contribution in [1.29, 1.82) is 0 Å². The van der Waals surface area contributed by atoms with Crippen LogP contribution in [0, 0.1) is 5.92 Å². The average Bonchev–Trinajstić information content (AvgIpc) is 2.38. The van der Waals surface area contributed by atoms with Crippen LogP contribution in [0.15, 0.2) is 18.2 Å². The number of anilines is 1. The summed E-state index contributed by atoms with van der Waals surface area (Å²) in [4.78, 5) is 23.5. The molecule has 1 aromatic carbocycles. The van der Waals surface area contributed by atoms with E-state index < -0.39 is 0 Å². The fourth-order valence-corrected chi connectivity index (χ4v) is 2.08. The summed E-state index contributed by atoms with van der Waals surface area (Å²) in [6.07, 6.45) is 2.46. The molecule has 0 aliphatic heterocycles. The molecule has 1 aliphatic carbocycles. The van der Waals surface area contributed by atoms with Crippen molar-refractivity contribution >= 4 is 17.4 Å². The molecule has 0 bridgehead atoms. The largest absolute Gasteiger partial charge is 0.330 e. The Bertz CT molecular complexity index is 483. The van der Waals surface area contributed by atoms with Gasteiger partial charge in [0.1, 0.15) is 0 Å². The Hall–Kier alpha value is -1.68. The Morgan fingerprint density at radius 1 is 1.44 bits per heavy atom. The summed E-state index contributed by atoms with van der Waals surface area (Å²) in [5.41, 5.74) is 7.95. The van der Waals surface area contributed by atoms with Crippen molar-refractivity contribution in [1.82, 2.24) is 0 Å². The predicted molar refractivity (Wildman–Crippen MR) is 70.6 cm³/mol. The third-order valence-corrected chi connectivity index (χ3v) is 3.33. The zero-order chi connectivity index (χ0) is 13.1. The zero-order valence-corrected chi connectivity index (χ0v) is 10.5. The molecule has 1 atom stereocenters. The van der Waals surface area contributed by atoms with E-state index in [4.69, 9.17) is 5.73 Å². The lowest BCUT2D eigenvalue weighted by molar-refractivity contribution is -0.119. The summed E-state index contributed by atoms with van der Waals surface area (Å²) in [5.74, 6) is -0.170. The van der Waals surface area contributed by atoms with Gasteiger partial charge in [-0.05, 0) is 30.5 Å². The fraction of sp³-hybridized carbons (Fsp3) is 0.429. The maximum Gasteiger partial charge on any atom is 0.228 e. The highest BCUT2D eigenvalue weighted by atomic mass is 16.2. The first-order valence-electron chi connectivity index (χ1n) is 6.29. The molecule has 0 heterocycles. The van der Waals surface area contributed by atoms with Crippen molar-refractivity contribution in [2.24, 2.45) is 11.7 Å². The third-order valence-electron chi connectivity index (χ3n) is 3.33. The normalized spacial score (nSPS) is 16.0. The first-order valence-corrected chi connectivity index (χ1v) is 6.29. The molecule has 2 rings (SSSR count). The number of amides is 1. The highest BCUT2D eigenvalue weighted by Crippen LogP contribution is 2.24. The van der Waals surface area contributed by atoms with E-state index in [1.165, 1.54) is 0 Å². The van der Waals surface area contributed by atoms with E-state index >= 15 is 0 Å². The molecule has 1 unspecified atom stereocenters. The van der Waals surface area contributed by atoms with E-state index in [2.05, 4.69) is 5.32 Å². The minimum atomic E-state index is -0.225. The zero-order valence-electron chi connectivity index (χ0n) is 10.5. The van der Waals surface area contributed by atoms with Gasteiger partial charge in [-0.15, -0.1) is 0 Å². The number of carbonyl (C=O) groups excluding carboxylic acids is 2. The highest BCUT2D eigenvalue weighted by Gasteiger charge is 2.18. The number of hydrogen-bond donors (Lipinski definition) is 2. The summed E-state index contributed by atoms with van der Waals surface area (Å²) < 4.78 is 0. The smallest absolute Gasteiger partial charge is 0.228 e. The van der Waals surface area contributed by atoms with Gasteiger partial charge in [0.2, 0.25) is 5.91 Å². The number of hydrogen-bond acceptors (Lipinski definition) is 3. The molecule has 0 saturated heterocycles. The van der Waals surface area contributed by atoms with Gasteiger partial charge in [-0.2, -0.15) is 0 Å². The molecule has 1 amide bonds. The first-order chi connectivity index (χ1) is 8.61. The standard InChI is InChI=1S/C14H18N2O2/c1-9(8-15)14(18)16-11-6-5-10-3-2-4-13(17)12(10)7-11/h5-7,9H,2-4,8,15H2,1H3,(H,16,18). The van der Waals surface area contributed by atoms with Gasteiger partial charge in [-0.25, -0.2) is 0 Å². The maximum atomic E-state index is 11.8. The van der Waals surface area contributed by atoms with Crippen molar-refractivity contribution < 1.29 is 9.59 Å². The minimum absolute atomic E-state index is 0.110. The SMILES string of the molecule is CC(CN)C(=O)Nc1ccc2c(c1)C(=O)CCC2. The minimum Gasteiger partial charge on any atom is -0.330 e. The maximum absolute atomic E-state index is 11.8. The molecule has 1 aliphatic rings. The highest BCUT2D eigenvalue weighted by molar-refractivity contribution is 6.00. The summed E-state index contributed by atoms with van der Waals surface area (Å²) in [5, 5.41) is 2.79. The second kappa shape index (κ2) is 5.31. The molecule has 96 valence electrons. The number of fused-ring (bicyclic) bond motifs is 1. The summed E-state index contributed by atoms with van der Waals surface area (Å²) in [7, 11) is 0. The van der Waals surface area contributed by atoms with Gasteiger partial charge in [0.25, 0.3) is 0 Å². The number of nitrogens with two attached hydrogens (primary N) is 1. The molecule has 0 fully saturated rings. The Morgan fingerprint density at radius 2 is 2.22 bits per heavy atom. The van der Waals surface area contributed by atoms with Crippen molar-refractivity contribution in [2.75, 3.05) is 11.9 Å². The average molecular weight is 246 g/mol. The first kappa shape index (κ1) is 12.8. The van der Waals surface area contributed by atoms with Crippen LogP contribution in [0.2, 0.25) is 0 Å². The van der Waals surface area contributed by atoms with E-state index in [0.29, 0.717) is 18.7 Å². The summed E-state index contributed by atoms with van der Waals surface area (Å²) in [6.45, 7) is 2.09. The van der Waals surface area contributed by atoms with E-state index in [-0.39, 0.29) is 17.6 Å². The quantitative estimate of drug-likeness (QED) is 0.853. The van der Waals surface area contributed by atoms with E-state index in [0.717, 1.165) is 24.0 Å². The molecule has 4 heteroatoms. The van der Waals surface area contributed by atoms with Gasteiger partial charge < -0.3 is 11.1 Å². The van der Waals surface area contributed by atoms with Crippen molar-refractivity contribution in [3.8, 4) is 0 Å². The number of nitrogens with one attached hydrogen (secondary N) is 1. The van der Waals surface area contributed by atoms with Gasteiger partial charge in [0.15, 0.2) is 5.78 Å². The van der Waals surface area contributed by atoms with Crippen LogP contribution in [-0.4, -0.2) is 18.2 Å². The second-order valence-electron chi connectivity index (χ2n) is 4.77. The molecular weight excluding hydrogens is 228 g/mol. The number of benzene rings is 1. The van der Waals surface area contributed by atoms with Gasteiger partial charge in [-0.1, -0.05) is 13.0 Å². The van der Waals surface area contributed by atoms with E-state index in [1.807, 2.05) is 12.1 Å². The van der Waals surface area contributed by atoms with Crippen LogP contribution in [0.25, 0.3) is 0 Å². The van der Waals surface area contributed by atoms with Crippen molar-refractivity contribution in [3.05, 3.63) is 29.3 Å². The van der Waals surface area contributed by atoms with Crippen molar-refractivity contribution in [2.45, 2.75) is 26.2 Å². The molecule has 0 radical (unpaired) electrons. The lowest BCUT2D eigenvalue weighted by Crippen LogP contribution is -2.26. The molecule has 0 spiro atoms. The van der Waals surface area contributed by atoms with Gasteiger partial charge >= 0.3 is 0 Å². The fourth-order valence-electron chi connectivity index (χ4n) is 2.08. The number of ketones is 1. The molecule has 1 aromatic rings. The lowest BCUT2D eigenvalue weighted by Gasteiger charge is -2.16. The van der Waals surface area contributed by atoms with Crippen molar-refractivity contribution in [3.63, 3.8) is 0 Å². The molecule has 0 saturated carbocycles. The van der Waals surface area contributed by atoms with Crippen LogP contribution in [0.3, 0.4) is 0 Å². The molecule has 0 aromatic heterocycles. The van der Waals surface area contributed by atoms with Crippen LogP contribution in [0.1, 0.15) is 35.7 Å². The van der Waals surface area contributed by atoms with Crippen LogP contribution in [0.5, 0.6) is 0 Å². The summed E-state index contributed by atoms with van der Waals surface area (Å²) >= 11 is 0. The monoisotopic (exact) mass is 246 g/mol.